The first-order valence-corrected chi connectivity index (χ1v) is 4.59. The van der Waals surface area contributed by atoms with Gasteiger partial charge in [-0.15, -0.1) is 0 Å². The first-order chi connectivity index (χ1) is 4.91. The molecule has 6 aliphatic rings. The van der Waals surface area contributed by atoms with Gasteiger partial charge in [0.05, 0.1) is 6.10 Å². The van der Waals surface area contributed by atoms with Gasteiger partial charge in [-0.25, -0.2) is 0 Å². The third kappa shape index (κ3) is 0.143. The Labute approximate surface area is 59.4 Å². The lowest BCUT2D eigenvalue weighted by Gasteiger charge is -2.84. The fraction of sp³-hybridized carbons (Fsp3) is 1.00. The zero-order valence-corrected chi connectivity index (χ0v) is 5.64. The van der Waals surface area contributed by atoms with E-state index >= 15 is 0 Å². The topological polar surface area (TPSA) is 20.2 Å². The van der Waals surface area contributed by atoms with Crippen LogP contribution in [0.1, 0.15) is 0 Å². The quantitative estimate of drug-likeness (QED) is 0.506. The largest absolute Gasteiger partial charge is 0.393 e. The molecular formula is C9H10O. The van der Waals surface area contributed by atoms with Crippen LogP contribution in [0.15, 0.2) is 0 Å². The summed E-state index contributed by atoms with van der Waals surface area (Å²) in [5, 5.41) is 9.74. The average molecular weight is 134 g/mol. The van der Waals surface area contributed by atoms with Crippen LogP contribution in [-0.4, -0.2) is 11.2 Å². The smallest absolute Gasteiger partial charge is 0.0607 e. The average Bonchev–Trinajstić information content (AvgIpc) is 2.15. The standard InChI is InChI=1S/C9H10O/c10-9-7-3-1-2-5(3)8(9)6(2)4(1)7/h1-10H/t1?,2?,3-,4+,5+,6-,7?,8?,9?. The number of hydrogen-bond donors (Lipinski definition) is 1. The molecule has 0 heterocycles. The summed E-state index contributed by atoms with van der Waals surface area (Å²) < 4.78 is 0. The van der Waals surface area contributed by atoms with Crippen molar-refractivity contribution in [3.63, 3.8) is 0 Å². The van der Waals surface area contributed by atoms with Crippen molar-refractivity contribution < 1.29 is 5.11 Å². The van der Waals surface area contributed by atoms with Crippen LogP contribution >= 0.6 is 0 Å². The monoisotopic (exact) mass is 134 g/mol. The van der Waals surface area contributed by atoms with Gasteiger partial charge in [0.2, 0.25) is 0 Å². The number of aliphatic hydroxyl groups is 1. The van der Waals surface area contributed by atoms with Gasteiger partial charge in [0, 0.05) is 0 Å². The zero-order chi connectivity index (χ0) is 6.20. The Morgan fingerprint density at radius 1 is 0.500 bits per heavy atom. The van der Waals surface area contributed by atoms with E-state index in [9.17, 15) is 5.11 Å². The molecule has 10 heavy (non-hydrogen) atoms. The maximum absolute atomic E-state index is 9.74. The van der Waals surface area contributed by atoms with E-state index < -0.39 is 0 Å². The highest BCUT2D eigenvalue weighted by Gasteiger charge is 2.93. The molecule has 6 aliphatic carbocycles. The molecule has 0 aromatic rings. The highest BCUT2D eigenvalue weighted by Crippen LogP contribution is 2.94. The van der Waals surface area contributed by atoms with Gasteiger partial charge in [-0.1, -0.05) is 0 Å². The van der Waals surface area contributed by atoms with Crippen LogP contribution in [0.5, 0.6) is 0 Å². The fourth-order valence-corrected chi connectivity index (χ4v) is 5.72. The second-order valence-electron chi connectivity index (χ2n) is 5.11. The first kappa shape index (κ1) is 4.10. The van der Waals surface area contributed by atoms with Crippen LogP contribution in [0.2, 0.25) is 0 Å². The molecular weight excluding hydrogens is 124 g/mol. The van der Waals surface area contributed by atoms with Crippen molar-refractivity contribution in [3.8, 4) is 0 Å². The molecule has 0 spiro atoms. The van der Waals surface area contributed by atoms with Gasteiger partial charge in [0.15, 0.2) is 0 Å². The molecule has 6 saturated carbocycles. The lowest BCUT2D eigenvalue weighted by molar-refractivity contribution is -0.379. The van der Waals surface area contributed by atoms with Gasteiger partial charge in [-0.2, -0.15) is 0 Å². The van der Waals surface area contributed by atoms with Crippen molar-refractivity contribution in [1.29, 1.82) is 0 Å². The fourth-order valence-electron chi connectivity index (χ4n) is 5.72. The highest BCUT2D eigenvalue weighted by atomic mass is 16.3. The van der Waals surface area contributed by atoms with Gasteiger partial charge in [-0.3, -0.25) is 0 Å². The summed E-state index contributed by atoms with van der Waals surface area (Å²) in [4.78, 5) is 0. The molecule has 0 radical (unpaired) electrons. The van der Waals surface area contributed by atoms with E-state index in [1.54, 1.807) is 0 Å². The van der Waals surface area contributed by atoms with Gasteiger partial charge in [-0.05, 0) is 47.3 Å². The van der Waals surface area contributed by atoms with Gasteiger partial charge in [0.1, 0.15) is 0 Å². The minimum absolute atomic E-state index is 0.167. The van der Waals surface area contributed by atoms with Crippen molar-refractivity contribution in [2.75, 3.05) is 0 Å². The molecule has 0 aromatic heterocycles. The maximum atomic E-state index is 9.74. The summed E-state index contributed by atoms with van der Waals surface area (Å²) in [5.74, 6) is 8.09. The van der Waals surface area contributed by atoms with E-state index in [2.05, 4.69) is 0 Å². The molecule has 0 aromatic carbocycles. The van der Waals surface area contributed by atoms with Crippen LogP contribution in [-0.2, 0) is 0 Å². The number of aliphatic hydroxyl groups excluding tert-OH is 1. The first-order valence-electron chi connectivity index (χ1n) is 4.59. The Hall–Kier alpha value is -0.0400. The SMILES string of the molecule is OC1C2[C@@H]3C4C5[C@@H](C1[C@@H]53)[C@@H]24. The molecule has 0 saturated heterocycles. The minimum atomic E-state index is 0.167. The molecule has 2 bridgehead atoms. The Morgan fingerprint density at radius 3 is 1.10 bits per heavy atom. The summed E-state index contributed by atoms with van der Waals surface area (Å²) >= 11 is 0. The minimum Gasteiger partial charge on any atom is -0.393 e. The summed E-state index contributed by atoms with van der Waals surface area (Å²) in [6, 6.07) is 0. The molecule has 6 rings (SSSR count). The van der Waals surface area contributed by atoms with E-state index in [-0.39, 0.29) is 6.10 Å². The molecule has 6 fully saturated rings. The van der Waals surface area contributed by atoms with Crippen molar-refractivity contribution >= 4 is 0 Å². The zero-order valence-electron chi connectivity index (χ0n) is 5.64. The molecule has 0 amide bonds. The van der Waals surface area contributed by atoms with E-state index in [1.165, 1.54) is 0 Å². The molecule has 1 nitrogen and oxygen atoms in total. The Balaban J connectivity index is 1.88. The second-order valence-corrected chi connectivity index (χ2v) is 5.11. The van der Waals surface area contributed by atoms with Crippen molar-refractivity contribution in [2.45, 2.75) is 6.10 Å². The van der Waals surface area contributed by atoms with Crippen LogP contribution in [0.3, 0.4) is 0 Å². The van der Waals surface area contributed by atoms with Crippen molar-refractivity contribution in [3.05, 3.63) is 0 Å². The molecule has 52 valence electrons. The van der Waals surface area contributed by atoms with E-state index in [4.69, 9.17) is 0 Å². The van der Waals surface area contributed by atoms with Crippen LogP contribution in [0, 0.1) is 47.3 Å². The molecule has 1 heteroatoms. The highest BCUT2D eigenvalue weighted by molar-refractivity contribution is 5.40. The predicted octanol–water partition coefficient (Wildman–Crippen LogP) is 0.345. The van der Waals surface area contributed by atoms with Crippen LogP contribution in [0.25, 0.3) is 0 Å². The molecule has 4 unspecified atom stereocenters. The summed E-state index contributed by atoms with van der Waals surface area (Å²) in [7, 11) is 0. The van der Waals surface area contributed by atoms with Crippen molar-refractivity contribution in [1.82, 2.24) is 0 Å². The second kappa shape index (κ2) is 0.781. The summed E-state index contributed by atoms with van der Waals surface area (Å²) in [5.41, 5.74) is 0. The normalized spacial score (nSPS) is 97.5. The van der Waals surface area contributed by atoms with E-state index in [0.29, 0.717) is 0 Å². The Bertz CT molecular complexity index is 210. The van der Waals surface area contributed by atoms with E-state index in [1.807, 2.05) is 0 Å². The Kier molecular flexibility index (Phi) is 0.320. The van der Waals surface area contributed by atoms with Gasteiger partial charge in [0.25, 0.3) is 0 Å². The van der Waals surface area contributed by atoms with Gasteiger partial charge < -0.3 is 5.11 Å². The summed E-state index contributed by atoms with van der Waals surface area (Å²) in [6.07, 6.45) is 0.167. The number of hydrogen-bond acceptors (Lipinski definition) is 1. The van der Waals surface area contributed by atoms with Gasteiger partial charge >= 0.3 is 0 Å². The third-order valence-electron chi connectivity index (χ3n) is 5.68. The lowest BCUT2D eigenvalue weighted by atomic mass is 9.20. The van der Waals surface area contributed by atoms with E-state index in [0.717, 1.165) is 47.3 Å². The Morgan fingerprint density at radius 2 is 0.800 bits per heavy atom. The van der Waals surface area contributed by atoms with Crippen LogP contribution in [0.4, 0.5) is 0 Å². The molecule has 1 N–H and O–H groups in total. The van der Waals surface area contributed by atoms with Crippen molar-refractivity contribution in [2.24, 2.45) is 47.3 Å². The predicted molar refractivity (Wildman–Crippen MR) is 33.9 cm³/mol. The lowest BCUT2D eigenvalue weighted by Crippen LogP contribution is -2.81. The maximum Gasteiger partial charge on any atom is 0.0607 e. The third-order valence-corrected chi connectivity index (χ3v) is 5.68. The summed E-state index contributed by atoms with van der Waals surface area (Å²) in [6.45, 7) is 0. The molecule has 8 atom stereocenters. The number of rotatable bonds is 0. The molecule has 0 aliphatic heterocycles. The van der Waals surface area contributed by atoms with Crippen LogP contribution < -0.4 is 0 Å².